The smallest absolute Gasteiger partial charge is 0.230 e. The van der Waals surface area contributed by atoms with E-state index in [0.29, 0.717) is 29.9 Å². The van der Waals surface area contributed by atoms with Crippen LogP contribution in [0.5, 0.6) is 5.75 Å². The maximum absolute atomic E-state index is 14.1. The SMILES string of the molecule is CCCCCNCC1CC=C(c2ccc(O)c3c2CC2CC4CC(C)(C)CC(O)C(C(N)=O)C(=O)C4(O)C(=O)C2=C3O)O1. The number of Topliss-reactive ketones (excluding diaryl/α,β-unsaturated/α-hetero) is 2. The average Bonchev–Trinajstić information content (AvgIpc) is 3.38. The van der Waals surface area contributed by atoms with E-state index in [1.807, 2.05) is 19.9 Å². The molecule has 1 heterocycles. The third-order valence-electron chi connectivity index (χ3n) is 9.76. The molecule has 3 aliphatic carbocycles. The maximum atomic E-state index is 14.1. The second-order valence-electron chi connectivity index (χ2n) is 13.5. The van der Waals surface area contributed by atoms with Gasteiger partial charge in [0.1, 0.15) is 29.3 Å². The van der Waals surface area contributed by atoms with Gasteiger partial charge in [0.05, 0.1) is 11.7 Å². The molecule has 6 atom stereocenters. The molecule has 0 spiro atoms. The highest BCUT2D eigenvalue weighted by molar-refractivity contribution is 6.24. The molecule has 1 amide bonds. The second kappa shape index (κ2) is 11.7. The molecule has 0 radical (unpaired) electrons. The predicted molar refractivity (Wildman–Crippen MR) is 159 cm³/mol. The van der Waals surface area contributed by atoms with Gasteiger partial charge in [0.2, 0.25) is 11.7 Å². The van der Waals surface area contributed by atoms with Crippen molar-refractivity contribution in [3.63, 3.8) is 0 Å². The number of ketones is 2. The fraction of sp³-hybridized carbons (Fsp3) is 0.606. The van der Waals surface area contributed by atoms with E-state index in [-0.39, 0.29) is 48.7 Å². The Morgan fingerprint density at radius 1 is 1.16 bits per heavy atom. The standard InChI is InChI=1S/C33H44N2O8/c1-4-5-6-11-35-16-19-7-10-24(43-19)20-8-9-22(36)26-21(20)13-17-12-18-14-32(2,3)15-23(37)27(31(34)41)30(40)33(18,42)29(39)25(17)28(26)38/h8-10,17-19,23,27,35-38,42H,4-7,11-16H2,1-3H3,(H2,34,41). The van der Waals surface area contributed by atoms with Crippen molar-refractivity contribution in [2.45, 2.75) is 89.9 Å². The van der Waals surface area contributed by atoms with Gasteiger partial charge >= 0.3 is 0 Å². The topological polar surface area (TPSA) is 179 Å². The zero-order valence-electron chi connectivity index (χ0n) is 25.2. The van der Waals surface area contributed by atoms with Crippen molar-refractivity contribution in [1.29, 1.82) is 0 Å². The van der Waals surface area contributed by atoms with Gasteiger partial charge in [-0.2, -0.15) is 0 Å². The molecule has 5 rings (SSSR count). The Labute approximate surface area is 252 Å². The first-order valence-electron chi connectivity index (χ1n) is 15.4. The molecule has 10 nitrogen and oxygen atoms in total. The van der Waals surface area contributed by atoms with Crippen LogP contribution in [0.15, 0.2) is 23.8 Å². The van der Waals surface area contributed by atoms with Crippen molar-refractivity contribution in [2.75, 3.05) is 13.1 Å². The Morgan fingerprint density at radius 2 is 1.91 bits per heavy atom. The molecule has 2 fully saturated rings. The van der Waals surface area contributed by atoms with Crippen LogP contribution in [0, 0.1) is 23.2 Å². The number of aliphatic hydroxyl groups is 3. The van der Waals surface area contributed by atoms with Crippen LogP contribution >= 0.6 is 0 Å². The molecule has 0 saturated heterocycles. The van der Waals surface area contributed by atoms with E-state index < -0.39 is 58.1 Å². The van der Waals surface area contributed by atoms with Gasteiger partial charge in [0.15, 0.2) is 11.4 Å². The van der Waals surface area contributed by atoms with Crippen molar-refractivity contribution < 1.29 is 39.5 Å². The second-order valence-corrected chi connectivity index (χ2v) is 13.5. The molecule has 7 N–H and O–H groups in total. The van der Waals surface area contributed by atoms with Crippen LogP contribution in [0.2, 0.25) is 0 Å². The Kier molecular flexibility index (Phi) is 8.50. The Hall–Kier alpha value is -3.21. The van der Waals surface area contributed by atoms with Gasteiger partial charge in [-0.25, -0.2) is 0 Å². The number of hydrogen-bond acceptors (Lipinski definition) is 9. The summed E-state index contributed by atoms with van der Waals surface area (Å²) in [7, 11) is 0. The number of primary amides is 1. The lowest BCUT2D eigenvalue weighted by Crippen LogP contribution is -2.64. The monoisotopic (exact) mass is 596 g/mol. The highest BCUT2D eigenvalue weighted by Crippen LogP contribution is 2.53. The van der Waals surface area contributed by atoms with Crippen LogP contribution < -0.4 is 11.1 Å². The van der Waals surface area contributed by atoms with Crippen molar-refractivity contribution >= 4 is 29.0 Å². The summed E-state index contributed by atoms with van der Waals surface area (Å²) in [6, 6.07) is 3.18. The molecule has 43 heavy (non-hydrogen) atoms. The number of nitrogens with one attached hydrogen (secondary N) is 1. The number of hydrogen-bond donors (Lipinski definition) is 6. The molecule has 0 bridgehead atoms. The number of amides is 1. The van der Waals surface area contributed by atoms with E-state index in [1.165, 1.54) is 12.5 Å². The maximum Gasteiger partial charge on any atom is 0.230 e. The van der Waals surface area contributed by atoms with Crippen molar-refractivity contribution in [3.05, 3.63) is 40.5 Å². The quantitative estimate of drug-likeness (QED) is 0.194. The zero-order valence-corrected chi connectivity index (χ0v) is 25.2. The zero-order chi connectivity index (χ0) is 31.3. The summed E-state index contributed by atoms with van der Waals surface area (Å²) in [5, 5.41) is 48.5. The summed E-state index contributed by atoms with van der Waals surface area (Å²) >= 11 is 0. The number of aromatic hydroxyl groups is 1. The minimum absolute atomic E-state index is 0.0487. The number of carbonyl (C=O) groups excluding carboxylic acids is 3. The van der Waals surface area contributed by atoms with Crippen LogP contribution in [0.1, 0.15) is 82.4 Å². The number of benzene rings is 1. The van der Waals surface area contributed by atoms with Crippen molar-refractivity contribution in [2.24, 2.45) is 28.9 Å². The number of fused-ring (bicyclic) bond motifs is 3. The molecule has 234 valence electrons. The van der Waals surface area contributed by atoms with Crippen molar-refractivity contribution in [1.82, 2.24) is 5.32 Å². The molecular weight excluding hydrogens is 552 g/mol. The molecule has 1 aromatic rings. The first-order valence-corrected chi connectivity index (χ1v) is 15.4. The first-order chi connectivity index (χ1) is 20.3. The van der Waals surface area contributed by atoms with E-state index >= 15 is 0 Å². The Balaban J connectivity index is 1.50. The van der Waals surface area contributed by atoms with Crippen LogP contribution in [0.25, 0.3) is 11.5 Å². The Bertz CT molecular complexity index is 1380. The van der Waals surface area contributed by atoms with Gasteiger partial charge < -0.3 is 36.2 Å². The van der Waals surface area contributed by atoms with Gasteiger partial charge in [-0.05, 0) is 73.8 Å². The number of phenols is 1. The van der Waals surface area contributed by atoms with Crippen LogP contribution in [0.4, 0.5) is 0 Å². The highest BCUT2D eigenvalue weighted by Gasteiger charge is 2.62. The largest absolute Gasteiger partial charge is 0.507 e. The summed E-state index contributed by atoms with van der Waals surface area (Å²) in [5.41, 5.74) is 3.47. The van der Waals surface area contributed by atoms with Crippen LogP contribution in [-0.2, 0) is 25.5 Å². The van der Waals surface area contributed by atoms with Crippen LogP contribution in [0.3, 0.4) is 0 Å². The highest BCUT2D eigenvalue weighted by atomic mass is 16.5. The Morgan fingerprint density at radius 3 is 2.60 bits per heavy atom. The van der Waals surface area contributed by atoms with E-state index in [9.17, 15) is 34.8 Å². The number of phenolic OH excluding ortho intramolecular Hbond substituents is 1. The van der Waals surface area contributed by atoms with Gasteiger partial charge in [-0.15, -0.1) is 0 Å². The fourth-order valence-corrected chi connectivity index (χ4v) is 7.70. The molecule has 1 aliphatic heterocycles. The minimum Gasteiger partial charge on any atom is -0.507 e. The van der Waals surface area contributed by atoms with E-state index in [2.05, 4.69) is 12.2 Å². The first kappa shape index (κ1) is 31.2. The minimum atomic E-state index is -2.66. The van der Waals surface area contributed by atoms with Gasteiger partial charge in [-0.3, -0.25) is 14.4 Å². The number of unbranched alkanes of at least 4 members (excludes halogenated alkanes) is 2. The lowest BCUT2D eigenvalue weighted by atomic mass is 9.55. The summed E-state index contributed by atoms with van der Waals surface area (Å²) in [6.07, 6.45) is 5.39. The average molecular weight is 597 g/mol. The molecule has 2 saturated carbocycles. The molecule has 10 heteroatoms. The molecule has 1 aromatic carbocycles. The normalized spacial score (nSPS) is 31.7. The number of ether oxygens (including phenoxy) is 1. The van der Waals surface area contributed by atoms with Crippen molar-refractivity contribution in [3.8, 4) is 5.75 Å². The van der Waals surface area contributed by atoms with E-state index in [4.69, 9.17) is 10.5 Å². The van der Waals surface area contributed by atoms with Crippen LogP contribution in [-0.4, -0.2) is 68.8 Å². The summed E-state index contributed by atoms with van der Waals surface area (Å²) in [6.45, 7) is 7.48. The predicted octanol–water partition coefficient (Wildman–Crippen LogP) is 2.91. The fourth-order valence-electron chi connectivity index (χ4n) is 7.70. The lowest BCUT2D eigenvalue weighted by Gasteiger charge is -2.49. The number of carbonyl (C=O) groups is 3. The third-order valence-corrected chi connectivity index (χ3v) is 9.76. The number of nitrogens with two attached hydrogens (primary N) is 1. The lowest BCUT2D eigenvalue weighted by molar-refractivity contribution is -0.170. The molecule has 0 aromatic heterocycles. The number of rotatable bonds is 8. The van der Waals surface area contributed by atoms with Gasteiger partial charge in [0, 0.05) is 30.0 Å². The van der Waals surface area contributed by atoms with Gasteiger partial charge in [-0.1, -0.05) is 33.6 Å². The molecular formula is C33H44N2O8. The molecule has 6 unspecified atom stereocenters. The third kappa shape index (κ3) is 5.49. The van der Waals surface area contributed by atoms with Gasteiger partial charge in [0.25, 0.3) is 0 Å². The van der Waals surface area contributed by atoms with E-state index in [1.54, 1.807) is 6.07 Å². The summed E-state index contributed by atoms with van der Waals surface area (Å²) in [5.74, 6) is -6.56. The number of aliphatic hydroxyl groups excluding tert-OH is 2. The summed E-state index contributed by atoms with van der Waals surface area (Å²) < 4.78 is 6.27. The van der Waals surface area contributed by atoms with E-state index in [0.717, 1.165) is 19.4 Å². The summed E-state index contributed by atoms with van der Waals surface area (Å²) in [4.78, 5) is 40.1. The molecule has 4 aliphatic rings.